The third kappa shape index (κ3) is 4.16. The Kier molecular flexibility index (Phi) is 5.26. The molecule has 0 fully saturated rings. The Morgan fingerprint density at radius 1 is 1.07 bits per heavy atom. The van der Waals surface area contributed by atoms with E-state index in [-0.39, 0.29) is 30.8 Å². The Bertz CT molecular complexity index is 886. The average molecular weight is 367 g/mol. The third-order valence-corrected chi connectivity index (χ3v) is 4.27. The molecule has 2 aromatic carbocycles. The van der Waals surface area contributed by atoms with Crippen LogP contribution in [-0.2, 0) is 16.0 Å². The summed E-state index contributed by atoms with van der Waals surface area (Å²) in [6.45, 7) is 3.48. The second-order valence-electron chi connectivity index (χ2n) is 6.66. The van der Waals surface area contributed by atoms with Crippen LogP contribution in [0.4, 0.5) is 5.69 Å². The van der Waals surface area contributed by atoms with Crippen molar-refractivity contribution in [1.82, 2.24) is 0 Å². The Hall–Kier alpha value is -3.15. The monoisotopic (exact) mass is 367 g/mol. The Morgan fingerprint density at radius 3 is 2.41 bits per heavy atom. The number of ether oxygens (including phenoxy) is 2. The van der Waals surface area contributed by atoms with Crippen molar-refractivity contribution < 1.29 is 23.9 Å². The van der Waals surface area contributed by atoms with Gasteiger partial charge in [-0.15, -0.1) is 0 Å². The first kappa shape index (κ1) is 18.6. The summed E-state index contributed by atoms with van der Waals surface area (Å²) in [7, 11) is 1.70. The van der Waals surface area contributed by atoms with Crippen LogP contribution in [0.3, 0.4) is 0 Å². The fraction of sp³-hybridized carbons (Fsp3) is 0.286. The van der Waals surface area contributed by atoms with E-state index < -0.39 is 5.97 Å². The van der Waals surface area contributed by atoms with Gasteiger partial charge in [-0.3, -0.25) is 9.59 Å². The largest absolute Gasteiger partial charge is 0.491 e. The normalized spacial score (nSPS) is 12.9. The van der Waals surface area contributed by atoms with Crippen molar-refractivity contribution in [2.24, 2.45) is 0 Å². The quantitative estimate of drug-likeness (QED) is 0.580. The molecule has 3 rings (SSSR count). The highest BCUT2D eigenvalue weighted by Gasteiger charge is 2.25. The lowest BCUT2D eigenvalue weighted by molar-refractivity contribution is -0.117. The average Bonchev–Trinajstić information content (AvgIpc) is 2.93. The molecule has 140 valence electrons. The van der Waals surface area contributed by atoms with E-state index in [1.54, 1.807) is 54.4 Å². The zero-order valence-electron chi connectivity index (χ0n) is 15.5. The fourth-order valence-electron chi connectivity index (χ4n) is 2.88. The van der Waals surface area contributed by atoms with Crippen LogP contribution in [0.25, 0.3) is 0 Å². The van der Waals surface area contributed by atoms with E-state index in [4.69, 9.17) is 9.47 Å². The Morgan fingerprint density at radius 2 is 1.74 bits per heavy atom. The molecule has 1 amide bonds. The molecule has 1 heterocycles. The summed E-state index contributed by atoms with van der Waals surface area (Å²) in [6.07, 6.45) is 0.320. The van der Waals surface area contributed by atoms with Gasteiger partial charge in [0.1, 0.15) is 5.75 Å². The number of fused-ring (bicyclic) bond motifs is 1. The minimum atomic E-state index is -0.574. The number of nitrogens with zero attached hydrogens (tertiary/aromatic N) is 1. The maximum absolute atomic E-state index is 12.3. The van der Waals surface area contributed by atoms with Crippen LogP contribution in [0.2, 0.25) is 0 Å². The van der Waals surface area contributed by atoms with Crippen molar-refractivity contribution in [1.29, 1.82) is 0 Å². The third-order valence-electron chi connectivity index (χ3n) is 4.27. The van der Waals surface area contributed by atoms with Crippen molar-refractivity contribution in [3.05, 3.63) is 59.2 Å². The molecule has 0 aliphatic carbocycles. The van der Waals surface area contributed by atoms with Gasteiger partial charge in [0, 0.05) is 18.3 Å². The minimum absolute atomic E-state index is 0.00841. The van der Waals surface area contributed by atoms with Crippen LogP contribution in [0.5, 0.6) is 5.75 Å². The van der Waals surface area contributed by atoms with Gasteiger partial charge in [-0.05, 0) is 61.9 Å². The van der Waals surface area contributed by atoms with Crippen molar-refractivity contribution >= 4 is 23.3 Å². The Labute approximate surface area is 157 Å². The van der Waals surface area contributed by atoms with E-state index in [0.29, 0.717) is 16.9 Å². The molecule has 1 aliphatic heterocycles. The number of amides is 1. The van der Waals surface area contributed by atoms with Gasteiger partial charge in [0.15, 0.2) is 12.4 Å². The molecule has 0 bridgehead atoms. The van der Waals surface area contributed by atoms with Crippen molar-refractivity contribution in [2.45, 2.75) is 26.4 Å². The maximum Gasteiger partial charge on any atom is 0.338 e. The molecule has 27 heavy (non-hydrogen) atoms. The number of benzene rings is 2. The molecule has 0 N–H and O–H groups in total. The smallest absolute Gasteiger partial charge is 0.338 e. The first-order chi connectivity index (χ1) is 12.8. The van der Waals surface area contributed by atoms with E-state index in [0.717, 1.165) is 11.3 Å². The second kappa shape index (κ2) is 7.61. The topological polar surface area (TPSA) is 72.9 Å². The number of hydrogen-bond acceptors (Lipinski definition) is 5. The van der Waals surface area contributed by atoms with Crippen molar-refractivity contribution in [2.75, 3.05) is 18.6 Å². The van der Waals surface area contributed by atoms with Gasteiger partial charge in [0.05, 0.1) is 18.1 Å². The fourth-order valence-corrected chi connectivity index (χ4v) is 2.88. The van der Waals surface area contributed by atoms with E-state index in [1.807, 2.05) is 13.8 Å². The molecule has 0 unspecified atom stereocenters. The summed E-state index contributed by atoms with van der Waals surface area (Å²) in [6, 6.07) is 11.6. The molecule has 6 heteroatoms. The molecule has 0 atom stereocenters. The first-order valence-electron chi connectivity index (χ1n) is 8.71. The summed E-state index contributed by atoms with van der Waals surface area (Å²) in [5, 5.41) is 0. The predicted octanol–water partition coefficient (Wildman–Crippen LogP) is 3.03. The number of hydrogen-bond donors (Lipinski definition) is 0. The summed E-state index contributed by atoms with van der Waals surface area (Å²) < 4.78 is 10.6. The zero-order valence-corrected chi connectivity index (χ0v) is 15.5. The number of Topliss-reactive ketones (excluding diaryl/α,β-unsaturated/α-hetero) is 1. The van der Waals surface area contributed by atoms with Crippen molar-refractivity contribution in [3.8, 4) is 5.75 Å². The van der Waals surface area contributed by atoms with Crippen LogP contribution in [0, 0.1) is 0 Å². The molecule has 0 spiro atoms. The van der Waals surface area contributed by atoms with Gasteiger partial charge < -0.3 is 14.4 Å². The van der Waals surface area contributed by atoms with Gasteiger partial charge >= 0.3 is 5.97 Å². The lowest BCUT2D eigenvalue weighted by atomic mass is 10.1. The van der Waals surface area contributed by atoms with Gasteiger partial charge in [-0.25, -0.2) is 4.79 Å². The van der Waals surface area contributed by atoms with Gasteiger partial charge in [0.25, 0.3) is 0 Å². The van der Waals surface area contributed by atoms with Gasteiger partial charge in [0.2, 0.25) is 5.91 Å². The summed E-state index contributed by atoms with van der Waals surface area (Å²) in [5.74, 6) is -0.232. The number of carbonyl (C=O) groups excluding carboxylic acids is 3. The van der Waals surface area contributed by atoms with E-state index in [9.17, 15) is 14.4 Å². The van der Waals surface area contributed by atoms with Gasteiger partial charge in [-0.2, -0.15) is 0 Å². The number of rotatable bonds is 6. The number of carbonyl (C=O) groups is 3. The molecule has 0 saturated carbocycles. The molecule has 0 radical (unpaired) electrons. The maximum atomic E-state index is 12.3. The van der Waals surface area contributed by atoms with E-state index in [2.05, 4.69) is 0 Å². The SMILES string of the molecule is CC(C)Oc1ccc(C(=O)OCC(=O)c2ccc3c(c2)CC(=O)N3C)cc1. The first-order valence-corrected chi connectivity index (χ1v) is 8.71. The Balaban J connectivity index is 1.60. The molecule has 0 saturated heterocycles. The highest BCUT2D eigenvalue weighted by molar-refractivity contribution is 6.04. The standard InChI is InChI=1S/C21H21NO5/c1-13(2)27-17-7-4-14(5-8-17)21(25)26-12-19(23)15-6-9-18-16(10-15)11-20(24)22(18)3/h4-10,13H,11-12H2,1-3H3. The molecular formula is C21H21NO5. The number of likely N-dealkylation sites (N-methyl/N-ethyl adjacent to an activating group) is 1. The minimum Gasteiger partial charge on any atom is -0.491 e. The highest BCUT2D eigenvalue weighted by Crippen LogP contribution is 2.28. The summed E-state index contributed by atoms with van der Waals surface area (Å²) >= 11 is 0. The molecule has 0 aromatic heterocycles. The molecule has 1 aliphatic rings. The van der Waals surface area contributed by atoms with Crippen LogP contribution in [-0.4, -0.2) is 37.4 Å². The number of ketones is 1. The summed E-state index contributed by atoms with van der Waals surface area (Å²) in [5.41, 5.74) is 2.38. The molecule has 2 aromatic rings. The lowest BCUT2D eigenvalue weighted by Crippen LogP contribution is -2.20. The van der Waals surface area contributed by atoms with Gasteiger partial charge in [-0.1, -0.05) is 0 Å². The van der Waals surface area contributed by atoms with E-state index >= 15 is 0 Å². The zero-order chi connectivity index (χ0) is 19.6. The molecule has 6 nitrogen and oxygen atoms in total. The van der Waals surface area contributed by atoms with Crippen LogP contribution >= 0.6 is 0 Å². The lowest BCUT2D eigenvalue weighted by Gasteiger charge is -2.11. The second-order valence-corrected chi connectivity index (χ2v) is 6.66. The van der Waals surface area contributed by atoms with E-state index in [1.165, 1.54) is 0 Å². The summed E-state index contributed by atoms with van der Waals surface area (Å²) in [4.78, 5) is 37.7. The molecular weight excluding hydrogens is 346 g/mol. The van der Waals surface area contributed by atoms with Crippen LogP contribution in [0.15, 0.2) is 42.5 Å². The van der Waals surface area contributed by atoms with Crippen LogP contribution in [0.1, 0.15) is 40.1 Å². The predicted molar refractivity (Wildman–Crippen MR) is 100 cm³/mol. The van der Waals surface area contributed by atoms with Crippen LogP contribution < -0.4 is 9.64 Å². The van der Waals surface area contributed by atoms with Crippen molar-refractivity contribution in [3.63, 3.8) is 0 Å². The number of esters is 1. The highest BCUT2D eigenvalue weighted by atomic mass is 16.5. The number of anilines is 1.